The average molecular weight is 509 g/mol. The van der Waals surface area contributed by atoms with Gasteiger partial charge in [0.05, 0.1) is 11.5 Å². The molecule has 0 unspecified atom stereocenters. The molecule has 2 aromatic heterocycles. The molecule has 0 spiro atoms. The van der Waals surface area contributed by atoms with Crippen molar-refractivity contribution in [3.63, 3.8) is 0 Å². The fourth-order valence-electron chi connectivity index (χ4n) is 2.57. The van der Waals surface area contributed by atoms with E-state index in [0.717, 1.165) is 34.0 Å². The van der Waals surface area contributed by atoms with Crippen LogP contribution in [0.3, 0.4) is 0 Å². The first-order chi connectivity index (χ1) is 16.0. The molecule has 34 heavy (non-hydrogen) atoms. The predicted molar refractivity (Wildman–Crippen MR) is 126 cm³/mol. The van der Waals surface area contributed by atoms with Crippen LogP contribution < -0.4 is 0 Å². The molecule has 0 radical (unpaired) electrons. The molecule has 12 heteroatoms. The fraction of sp³-hybridized carbons (Fsp3) is 0.182. The van der Waals surface area contributed by atoms with Crippen molar-refractivity contribution in [2.24, 2.45) is 0 Å². The molecule has 182 valence electrons. The summed E-state index contributed by atoms with van der Waals surface area (Å²) in [4.78, 5) is 8.24. The Balaban J connectivity index is 0.000000182. The van der Waals surface area contributed by atoms with Crippen molar-refractivity contribution in [1.29, 1.82) is 0 Å². The number of hydrogen-bond donors (Lipinski definition) is 2. The number of benzene rings is 2. The molecule has 0 amide bonds. The van der Waals surface area contributed by atoms with E-state index >= 15 is 0 Å². The molecule has 0 aliphatic carbocycles. The number of rotatable bonds is 5. The van der Waals surface area contributed by atoms with Crippen LogP contribution in [0.15, 0.2) is 82.3 Å². The van der Waals surface area contributed by atoms with Gasteiger partial charge in [0.1, 0.15) is 22.9 Å². The number of aryl methyl sites for hydroxylation is 2. The van der Waals surface area contributed by atoms with Crippen LogP contribution in [0.5, 0.6) is 0 Å². The summed E-state index contributed by atoms with van der Waals surface area (Å²) in [5, 5.41) is 0. The molecule has 0 fully saturated rings. The Morgan fingerprint density at radius 2 is 0.971 bits per heavy atom. The summed E-state index contributed by atoms with van der Waals surface area (Å²) in [5.41, 5.74) is 4.05. The van der Waals surface area contributed by atoms with Crippen molar-refractivity contribution in [2.75, 3.05) is 11.5 Å². The number of aromatic nitrogens is 2. The second kappa shape index (κ2) is 12.2. The lowest BCUT2D eigenvalue weighted by molar-refractivity contribution is 0.472. The van der Waals surface area contributed by atoms with Gasteiger partial charge in [-0.1, -0.05) is 60.7 Å². The molecular formula is C22H24N2O8S2. The van der Waals surface area contributed by atoms with Gasteiger partial charge in [0.25, 0.3) is 20.2 Å². The fourth-order valence-corrected chi connectivity index (χ4v) is 4.25. The summed E-state index contributed by atoms with van der Waals surface area (Å²) in [5.74, 6) is -0.236. The van der Waals surface area contributed by atoms with Gasteiger partial charge in [-0.2, -0.15) is 16.8 Å². The van der Waals surface area contributed by atoms with E-state index in [9.17, 15) is 16.8 Å². The van der Waals surface area contributed by atoms with Crippen molar-refractivity contribution in [3.05, 3.63) is 85.0 Å². The summed E-state index contributed by atoms with van der Waals surface area (Å²) in [7, 11) is -8.59. The second-order valence-corrected chi connectivity index (χ2v) is 9.96. The molecule has 0 saturated carbocycles. The summed E-state index contributed by atoms with van der Waals surface area (Å²) < 4.78 is 65.6. The Bertz CT molecular complexity index is 1260. The van der Waals surface area contributed by atoms with Gasteiger partial charge >= 0.3 is 0 Å². The van der Waals surface area contributed by atoms with Gasteiger partial charge < -0.3 is 8.83 Å². The van der Waals surface area contributed by atoms with E-state index in [-0.39, 0.29) is 0 Å². The van der Waals surface area contributed by atoms with Crippen molar-refractivity contribution < 1.29 is 34.8 Å². The van der Waals surface area contributed by atoms with Gasteiger partial charge in [0, 0.05) is 11.1 Å². The number of nitrogens with zero attached hydrogens (tertiary/aromatic N) is 2. The van der Waals surface area contributed by atoms with Gasteiger partial charge in [0.2, 0.25) is 0 Å². The predicted octanol–water partition coefficient (Wildman–Crippen LogP) is 4.06. The van der Waals surface area contributed by atoms with Crippen LogP contribution in [-0.2, 0) is 20.2 Å². The van der Waals surface area contributed by atoms with Crippen LogP contribution >= 0.6 is 0 Å². The van der Waals surface area contributed by atoms with Crippen molar-refractivity contribution in [2.45, 2.75) is 13.8 Å². The van der Waals surface area contributed by atoms with E-state index in [2.05, 4.69) is 9.97 Å². The Kier molecular flexibility index (Phi) is 9.69. The highest BCUT2D eigenvalue weighted by Crippen LogP contribution is 2.21. The Labute approximate surface area is 197 Å². The maximum absolute atomic E-state index is 9.86. The number of hydrogen-bond acceptors (Lipinski definition) is 8. The lowest BCUT2D eigenvalue weighted by atomic mass is 10.1. The first-order valence-corrected chi connectivity index (χ1v) is 13.0. The third-order valence-corrected chi connectivity index (χ3v) is 5.88. The quantitative estimate of drug-likeness (QED) is 0.376. The average Bonchev–Trinajstić information content (AvgIpc) is 3.42. The number of oxazole rings is 2. The minimum atomic E-state index is -4.30. The molecule has 0 bridgehead atoms. The van der Waals surface area contributed by atoms with E-state index in [4.69, 9.17) is 17.9 Å². The maximum Gasteiger partial charge on any atom is 0.265 e. The van der Waals surface area contributed by atoms with Crippen LogP contribution in [0.25, 0.3) is 22.5 Å². The lowest BCUT2D eigenvalue weighted by Gasteiger charge is -1.94. The van der Waals surface area contributed by atoms with Crippen LogP contribution in [0, 0.1) is 13.8 Å². The zero-order valence-electron chi connectivity index (χ0n) is 18.4. The summed E-state index contributed by atoms with van der Waals surface area (Å²) in [6.45, 7) is 3.82. The minimum Gasteiger partial charge on any atom is -0.448 e. The highest BCUT2D eigenvalue weighted by Gasteiger charge is 2.11. The van der Waals surface area contributed by atoms with Gasteiger partial charge in [-0.15, -0.1) is 0 Å². The molecule has 0 aliphatic heterocycles. The molecule has 0 aliphatic rings. The van der Waals surface area contributed by atoms with E-state index in [0.29, 0.717) is 0 Å². The zero-order chi connectivity index (χ0) is 25.2. The van der Waals surface area contributed by atoms with Crippen molar-refractivity contribution in [3.8, 4) is 22.5 Å². The first-order valence-electron chi connectivity index (χ1n) is 9.77. The summed E-state index contributed by atoms with van der Waals surface area (Å²) in [6.07, 6.45) is 2.94. The van der Waals surface area contributed by atoms with Gasteiger partial charge in [0.15, 0.2) is 12.8 Å². The van der Waals surface area contributed by atoms with Crippen molar-refractivity contribution in [1.82, 2.24) is 9.97 Å². The van der Waals surface area contributed by atoms with Crippen LogP contribution in [0.2, 0.25) is 0 Å². The zero-order valence-corrected chi connectivity index (χ0v) is 20.0. The Hall–Kier alpha value is -3.32. The summed E-state index contributed by atoms with van der Waals surface area (Å²) >= 11 is 0. The smallest absolute Gasteiger partial charge is 0.265 e. The molecule has 0 atom stereocenters. The Morgan fingerprint density at radius 1 is 0.647 bits per heavy atom. The molecular weight excluding hydrogens is 484 g/mol. The maximum atomic E-state index is 9.86. The van der Waals surface area contributed by atoms with Gasteiger partial charge in [-0.05, 0) is 13.8 Å². The topological polar surface area (TPSA) is 161 Å². The molecule has 10 nitrogen and oxygen atoms in total. The monoisotopic (exact) mass is 508 g/mol. The SMILES string of the molecule is Cc1ocnc1-c1ccccc1.Cc1ocnc1-c1ccccc1.O=S(=O)(O)CCS(=O)(=O)O. The highest BCUT2D eigenvalue weighted by molar-refractivity contribution is 7.89. The molecule has 0 saturated heterocycles. The third kappa shape index (κ3) is 9.67. The highest BCUT2D eigenvalue weighted by atomic mass is 32.2. The van der Waals surface area contributed by atoms with E-state index in [1.165, 1.54) is 12.8 Å². The molecule has 4 aromatic rings. The summed E-state index contributed by atoms with van der Waals surface area (Å²) in [6, 6.07) is 20.0. The van der Waals surface area contributed by atoms with Crippen LogP contribution in [0.1, 0.15) is 11.5 Å². The van der Waals surface area contributed by atoms with Crippen LogP contribution in [0.4, 0.5) is 0 Å². The first kappa shape index (κ1) is 26.9. The molecule has 2 aromatic carbocycles. The molecule has 2 N–H and O–H groups in total. The minimum absolute atomic E-state index is 0.862. The molecule has 4 rings (SSSR count). The standard InChI is InChI=1S/2C10H9NO.C2H6O6S2/c2*1-8-10(11-7-12-8)9-5-3-2-4-6-9;3-9(4,5)1-2-10(6,7)8/h2*2-7H,1H3;1-2H2,(H,3,4,5)(H,6,7,8). The van der Waals surface area contributed by atoms with E-state index < -0.39 is 31.7 Å². The van der Waals surface area contributed by atoms with Gasteiger partial charge in [-0.25, -0.2) is 9.97 Å². The van der Waals surface area contributed by atoms with E-state index in [1.807, 2.05) is 74.5 Å². The Morgan fingerprint density at radius 3 is 1.21 bits per heavy atom. The second-order valence-electron chi connectivity index (χ2n) is 6.82. The third-order valence-electron chi connectivity index (χ3n) is 4.18. The lowest BCUT2D eigenvalue weighted by Crippen LogP contribution is -2.15. The molecule has 2 heterocycles. The van der Waals surface area contributed by atoms with E-state index in [1.54, 1.807) is 0 Å². The normalized spacial score (nSPS) is 11.1. The van der Waals surface area contributed by atoms with Gasteiger partial charge in [-0.3, -0.25) is 9.11 Å². The van der Waals surface area contributed by atoms with Crippen molar-refractivity contribution >= 4 is 20.2 Å². The largest absolute Gasteiger partial charge is 0.448 e. The van der Waals surface area contributed by atoms with Crippen LogP contribution in [-0.4, -0.2) is 47.4 Å².